The molecule has 7 heteroatoms. The lowest BCUT2D eigenvalue weighted by Crippen LogP contribution is -2.41. The maximum Gasteiger partial charge on any atom is 0.229 e. The standard InChI is InChI=1S/C22H26N2O3S2/c1-16-5-7-18(8-6-16)22(28)19-4-3-13-24(14-19)15-21(25)17-9-11-20(12-10-17)23-29(2,26)27/h5-12,19,23H,3-4,13-15H2,1-2H3. The molecular weight excluding hydrogens is 404 g/mol. The minimum atomic E-state index is -3.33. The number of ketones is 1. The van der Waals surface area contributed by atoms with Crippen molar-refractivity contribution >= 4 is 38.6 Å². The van der Waals surface area contributed by atoms with Crippen LogP contribution >= 0.6 is 12.2 Å². The summed E-state index contributed by atoms with van der Waals surface area (Å²) in [5.41, 5.74) is 3.33. The molecular formula is C22H26N2O3S2. The highest BCUT2D eigenvalue weighted by Crippen LogP contribution is 2.23. The Bertz CT molecular complexity index is 984. The van der Waals surface area contributed by atoms with Crippen molar-refractivity contribution in [1.82, 2.24) is 4.90 Å². The molecule has 3 rings (SSSR count). The van der Waals surface area contributed by atoms with Gasteiger partial charge in [-0.1, -0.05) is 42.0 Å². The van der Waals surface area contributed by atoms with E-state index in [-0.39, 0.29) is 11.7 Å². The fourth-order valence-electron chi connectivity index (χ4n) is 3.60. The van der Waals surface area contributed by atoms with Gasteiger partial charge in [0, 0.05) is 28.6 Å². The Hall–Kier alpha value is -2.09. The lowest BCUT2D eigenvalue weighted by atomic mass is 9.90. The molecule has 0 saturated carbocycles. The number of likely N-dealkylation sites (tertiary alicyclic amines) is 1. The predicted octanol–water partition coefficient (Wildman–Crippen LogP) is 3.68. The number of hydrogen-bond acceptors (Lipinski definition) is 5. The van der Waals surface area contributed by atoms with E-state index in [1.807, 2.05) is 0 Å². The van der Waals surface area contributed by atoms with Crippen molar-refractivity contribution in [2.24, 2.45) is 5.92 Å². The summed E-state index contributed by atoms with van der Waals surface area (Å²) in [7, 11) is -3.33. The Morgan fingerprint density at radius 1 is 1.10 bits per heavy atom. The van der Waals surface area contributed by atoms with Gasteiger partial charge in [-0.25, -0.2) is 8.42 Å². The van der Waals surface area contributed by atoms with Crippen LogP contribution in [0.5, 0.6) is 0 Å². The number of nitrogens with zero attached hydrogens (tertiary/aromatic N) is 1. The summed E-state index contributed by atoms with van der Waals surface area (Å²) in [5, 5.41) is 0. The first-order valence-electron chi connectivity index (χ1n) is 9.65. The first kappa shape index (κ1) is 21.6. The van der Waals surface area contributed by atoms with E-state index in [4.69, 9.17) is 12.2 Å². The third-order valence-corrected chi connectivity index (χ3v) is 6.27. The molecule has 1 aliphatic heterocycles. The summed E-state index contributed by atoms with van der Waals surface area (Å²) in [6.07, 6.45) is 3.16. The van der Waals surface area contributed by atoms with Crippen molar-refractivity contribution in [3.8, 4) is 0 Å². The van der Waals surface area contributed by atoms with E-state index in [0.29, 0.717) is 17.8 Å². The maximum absolute atomic E-state index is 12.7. The van der Waals surface area contributed by atoms with E-state index in [1.54, 1.807) is 24.3 Å². The Kier molecular flexibility index (Phi) is 6.82. The van der Waals surface area contributed by atoms with Crippen LogP contribution < -0.4 is 4.72 Å². The second-order valence-electron chi connectivity index (χ2n) is 7.68. The number of aryl methyl sites for hydroxylation is 1. The average Bonchev–Trinajstić information content (AvgIpc) is 2.67. The molecule has 0 bridgehead atoms. The minimum Gasteiger partial charge on any atom is -0.295 e. The average molecular weight is 431 g/mol. The molecule has 154 valence electrons. The normalized spacial score (nSPS) is 17.7. The Labute approximate surface area is 178 Å². The van der Waals surface area contributed by atoms with Gasteiger partial charge < -0.3 is 0 Å². The Balaban J connectivity index is 1.60. The molecule has 1 N–H and O–H groups in total. The number of benzene rings is 2. The fourth-order valence-corrected chi connectivity index (χ4v) is 4.49. The summed E-state index contributed by atoms with van der Waals surface area (Å²) < 4.78 is 25.0. The van der Waals surface area contributed by atoms with Crippen molar-refractivity contribution in [3.05, 3.63) is 65.2 Å². The number of piperidine rings is 1. The molecule has 0 aliphatic carbocycles. The second kappa shape index (κ2) is 9.15. The monoisotopic (exact) mass is 430 g/mol. The van der Waals surface area contributed by atoms with E-state index >= 15 is 0 Å². The number of thiocarbonyl (C=S) groups is 1. The Morgan fingerprint density at radius 3 is 2.34 bits per heavy atom. The number of carbonyl (C=O) groups is 1. The molecule has 1 aliphatic rings. The largest absolute Gasteiger partial charge is 0.295 e. The number of sulfonamides is 1. The van der Waals surface area contributed by atoms with Crippen LogP contribution in [0.2, 0.25) is 0 Å². The van der Waals surface area contributed by atoms with Gasteiger partial charge >= 0.3 is 0 Å². The highest BCUT2D eigenvalue weighted by atomic mass is 32.2. The topological polar surface area (TPSA) is 66.5 Å². The molecule has 5 nitrogen and oxygen atoms in total. The van der Waals surface area contributed by atoms with Crippen LogP contribution in [0.1, 0.15) is 34.3 Å². The van der Waals surface area contributed by atoms with Gasteiger partial charge in [0.15, 0.2) is 5.78 Å². The number of Topliss-reactive ketones (excluding diaryl/α,β-unsaturated/α-hetero) is 1. The van der Waals surface area contributed by atoms with Crippen LogP contribution in [0, 0.1) is 12.8 Å². The van der Waals surface area contributed by atoms with Crippen LogP contribution in [0.15, 0.2) is 48.5 Å². The van der Waals surface area contributed by atoms with E-state index < -0.39 is 10.0 Å². The first-order chi connectivity index (χ1) is 13.7. The van der Waals surface area contributed by atoms with Crippen molar-refractivity contribution < 1.29 is 13.2 Å². The van der Waals surface area contributed by atoms with Gasteiger partial charge in [-0.15, -0.1) is 0 Å². The molecule has 29 heavy (non-hydrogen) atoms. The van der Waals surface area contributed by atoms with Gasteiger partial charge in [0.1, 0.15) is 0 Å². The number of hydrogen-bond donors (Lipinski definition) is 1. The van der Waals surface area contributed by atoms with Crippen molar-refractivity contribution in [3.63, 3.8) is 0 Å². The number of rotatable bonds is 7. The van der Waals surface area contributed by atoms with Crippen molar-refractivity contribution in [2.45, 2.75) is 19.8 Å². The third-order valence-electron chi connectivity index (χ3n) is 5.09. The van der Waals surface area contributed by atoms with Crippen LogP contribution in [0.3, 0.4) is 0 Å². The highest BCUT2D eigenvalue weighted by Gasteiger charge is 2.25. The first-order valence-corrected chi connectivity index (χ1v) is 12.0. The molecule has 1 fully saturated rings. The summed E-state index contributed by atoms with van der Waals surface area (Å²) in [4.78, 5) is 15.8. The zero-order chi connectivity index (χ0) is 21.0. The predicted molar refractivity (Wildman–Crippen MR) is 121 cm³/mol. The SMILES string of the molecule is Cc1ccc(C(=S)C2CCCN(CC(=O)c3ccc(NS(C)(=O)=O)cc3)C2)cc1. The summed E-state index contributed by atoms with van der Waals surface area (Å²) in [5.74, 6) is 0.299. The van der Waals surface area contributed by atoms with Gasteiger partial charge in [-0.05, 0) is 56.1 Å². The molecule has 1 unspecified atom stereocenters. The van der Waals surface area contributed by atoms with Gasteiger partial charge in [0.2, 0.25) is 10.0 Å². The second-order valence-corrected chi connectivity index (χ2v) is 9.87. The minimum absolute atomic E-state index is 0.0257. The zero-order valence-corrected chi connectivity index (χ0v) is 18.4. The van der Waals surface area contributed by atoms with E-state index in [9.17, 15) is 13.2 Å². The van der Waals surface area contributed by atoms with E-state index in [2.05, 4.69) is 40.8 Å². The molecule has 2 aromatic carbocycles. The number of carbonyl (C=O) groups excluding carboxylic acids is 1. The van der Waals surface area contributed by atoms with Crippen molar-refractivity contribution in [1.29, 1.82) is 0 Å². The smallest absolute Gasteiger partial charge is 0.229 e. The highest BCUT2D eigenvalue weighted by molar-refractivity contribution is 7.92. The van der Waals surface area contributed by atoms with E-state index in [0.717, 1.165) is 42.6 Å². The molecule has 0 aromatic heterocycles. The number of nitrogens with one attached hydrogen (secondary N) is 1. The van der Waals surface area contributed by atoms with Crippen LogP contribution in [-0.4, -0.2) is 49.9 Å². The van der Waals surface area contributed by atoms with Gasteiger partial charge in [0.05, 0.1) is 12.8 Å². The third kappa shape index (κ3) is 6.19. The molecule has 0 amide bonds. The van der Waals surface area contributed by atoms with Crippen molar-refractivity contribution in [2.75, 3.05) is 30.6 Å². The quantitative estimate of drug-likeness (QED) is 0.536. The van der Waals surface area contributed by atoms with Crippen LogP contribution in [-0.2, 0) is 10.0 Å². The number of anilines is 1. The lowest BCUT2D eigenvalue weighted by Gasteiger charge is -2.32. The Morgan fingerprint density at radius 2 is 1.72 bits per heavy atom. The molecule has 1 heterocycles. The zero-order valence-electron chi connectivity index (χ0n) is 16.7. The molecule has 1 saturated heterocycles. The lowest BCUT2D eigenvalue weighted by molar-refractivity contribution is 0.0905. The molecule has 1 atom stereocenters. The van der Waals surface area contributed by atoms with Crippen LogP contribution in [0.25, 0.3) is 0 Å². The molecule has 0 spiro atoms. The maximum atomic E-state index is 12.7. The summed E-state index contributed by atoms with van der Waals surface area (Å²) in [6, 6.07) is 14.9. The summed E-state index contributed by atoms with van der Waals surface area (Å²) in [6.45, 7) is 4.06. The van der Waals surface area contributed by atoms with Gasteiger partial charge in [-0.3, -0.25) is 14.4 Å². The molecule has 2 aromatic rings. The van der Waals surface area contributed by atoms with E-state index in [1.165, 1.54) is 5.56 Å². The van der Waals surface area contributed by atoms with Gasteiger partial charge in [0.25, 0.3) is 0 Å². The van der Waals surface area contributed by atoms with Gasteiger partial charge in [-0.2, -0.15) is 0 Å². The summed E-state index contributed by atoms with van der Waals surface area (Å²) >= 11 is 5.73. The van der Waals surface area contributed by atoms with Crippen LogP contribution in [0.4, 0.5) is 5.69 Å². The molecule has 0 radical (unpaired) electrons. The fraction of sp³-hybridized carbons (Fsp3) is 0.364.